The first-order chi connectivity index (χ1) is 12.6. The van der Waals surface area contributed by atoms with E-state index in [9.17, 15) is 22.0 Å². The quantitative estimate of drug-likeness (QED) is 0.708. The number of anilines is 2. The molecular formula is C16H14Cl2F2N2O4S. The van der Waals surface area contributed by atoms with Crippen LogP contribution in [0.15, 0.2) is 42.5 Å². The molecule has 0 fully saturated rings. The molecule has 0 unspecified atom stereocenters. The molecule has 2 rings (SSSR count). The number of nitrogens with zero attached hydrogens (tertiary/aromatic N) is 1. The fourth-order valence-corrected chi connectivity index (χ4v) is 3.39. The van der Waals surface area contributed by atoms with Crippen LogP contribution in [0.3, 0.4) is 0 Å². The van der Waals surface area contributed by atoms with Gasteiger partial charge in [-0.3, -0.25) is 9.10 Å². The number of amides is 1. The van der Waals surface area contributed by atoms with Crippen LogP contribution in [-0.2, 0) is 14.8 Å². The van der Waals surface area contributed by atoms with Gasteiger partial charge in [0.05, 0.1) is 17.0 Å². The van der Waals surface area contributed by atoms with Gasteiger partial charge in [0.15, 0.2) is 0 Å². The van der Waals surface area contributed by atoms with Crippen molar-refractivity contribution in [2.24, 2.45) is 0 Å². The largest absolute Gasteiger partial charge is 0.433 e. The summed E-state index contributed by atoms with van der Waals surface area (Å²) < 4.78 is 53.6. The van der Waals surface area contributed by atoms with Crippen molar-refractivity contribution in [2.45, 2.75) is 6.61 Å². The van der Waals surface area contributed by atoms with Gasteiger partial charge in [0.25, 0.3) is 0 Å². The maximum absolute atomic E-state index is 12.3. The molecule has 1 amide bonds. The number of nitrogens with one attached hydrogen (secondary N) is 1. The van der Waals surface area contributed by atoms with Crippen LogP contribution in [0.5, 0.6) is 5.75 Å². The second-order valence-electron chi connectivity index (χ2n) is 5.32. The van der Waals surface area contributed by atoms with Gasteiger partial charge in [-0.2, -0.15) is 8.78 Å². The predicted molar refractivity (Wildman–Crippen MR) is 100 cm³/mol. The molecule has 11 heteroatoms. The lowest BCUT2D eigenvalue weighted by Gasteiger charge is -2.22. The summed E-state index contributed by atoms with van der Waals surface area (Å²) in [5.74, 6) is -0.916. The van der Waals surface area contributed by atoms with E-state index in [-0.39, 0.29) is 22.1 Å². The number of carbonyl (C=O) groups excluding carboxylic acids is 1. The Morgan fingerprint density at radius 3 is 2.48 bits per heavy atom. The number of ether oxygens (including phenoxy) is 1. The minimum absolute atomic E-state index is 0.136. The third-order valence-electron chi connectivity index (χ3n) is 3.22. The van der Waals surface area contributed by atoms with Crippen LogP contribution in [0.2, 0.25) is 10.0 Å². The smallest absolute Gasteiger partial charge is 0.387 e. The number of halogens is 4. The summed E-state index contributed by atoms with van der Waals surface area (Å²) >= 11 is 11.7. The Labute approximate surface area is 164 Å². The molecule has 0 bridgehead atoms. The molecule has 1 N–H and O–H groups in total. The highest BCUT2D eigenvalue weighted by Crippen LogP contribution is 2.29. The summed E-state index contributed by atoms with van der Waals surface area (Å²) in [4.78, 5) is 12.3. The van der Waals surface area contributed by atoms with E-state index >= 15 is 0 Å². The Bertz CT molecular complexity index is 942. The summed E-state index contributed by atoms with van der Waals surface area (Å²) in [6.45, 7) is -3.56. The van der Waals surface area contributed by atoms with Crippen LogP contribution >= 0.6 is 23.2 Å². The lowest BCUT2D eigenvalue weighted by molar-refractivity contribution is -0.114. The lowest BCUT2D eigenvalue weighted by atomic mass is 10.3. The molecule has 2 aromatic rings. The van der Waals surface area contributed by atoms with Crippen LogP contribution in [-0.4, -0.2) is 33.7 Å². The van der Waals surface area contributed by atoms with Crippen molar-refractivity contribution in [2.75, 3.05) is 22.4 Å². The van der Waals surface area contributed by atoms with Crippen molar-refractivity contribution in [1.82, 2.24) is 0 Å². The fraction of sp³-hybridized carbons (Fsp3) is 0.188. The molecule has 6 nitrogen and oxygen atoms in total. The van der Waals surface area contributed by atoms with Crippen molar-refractivity contribution in [1.29, 1.82) is 0 Å². The molecule has 0 aromatic heterocycles. The van der Waals surface area contributed by atoms with Gasteiger partial charge in [0, 0.05) is 10.7 Å². The van der Waals surface area contributed by atoms with Gasteiger partial charge >= 0.3 is 6.61 Å². The average molecular weight is 439 g/mol. The Balaban J connectivity index is 2.16. The summed E-state index contributed by atoms with van der Waals surface area (Å²) in [6.07, 6.45) is 0.953. The number of hydrogen-bond acceptors (Lipinski definition) is 4. The third kappa shape index (κ3) is 6.23. The highest BCUT2D eigenvalue weighted by atomic mass is 35.5. The number of alkyl halides is 2. The van der Waals surface area contributed by atoms with E-state index in [0.717, 1.165) is 16.6 Å². The Morgan fingerprint density at radius 1 is 1.22 bits per heavy atom. The van der Waals surface area contributed by atoms with Crippen LogP contribution < -0.4 is 14.4 Å². The van der Waals surface area contributed by atoms with Crippen molar-refractivity contribution in [3.63, 3.8) is 0 Å². The number of hydrogen-bond donors (Lipinski definition) is 1. The number of sulfonamides is 1. The minimum Gasteiger partial charge on any atom is -0.433 e. The Morgan fingerprint density at radius 2 is 1.93 bits per heavy atom. The highest BCUT2D eigenvalue weighted by Gasteiger charge is 2.21. The molecule has 0 saturated carbocycles. The second-order valence-corrected chi connectivity index (χ2v) is 8.07. The zero-order valence-corrected chi connectivity index (χ0v) is 16.2. The standard InChI is InChI=1S/C16H14Cl2F2N2O4S/c1-27(24,25)22(12-4-2-3-10(17)7-12)9-15(23)21-11-5-6-14(13(18)8-11)26-16(19)20/h2-8,16H,9H2,1H3,(H,21,23). The zero-order chi connectivity index (χ0) is 20.2. The van der Waals surface area contributed by atoms with Crippen LogP contribution in [0.25, 0.3) is 0 Å². The molecule has 0 atom stereocenters. The number of benzene rings is 2. The maximum Gasteiger partial charge on any atom is 0.387 e. The van der Waals surface area contributed by atoms with Crippen molar-refractivity contribution in [3.05, 3.63) is 52.5 Å². The molecule has 0 heterocycles. The third-order valence-corrected chi connectivity index (χ3v) is 4.89. The Hall–Kier alpha value is -2.10. The molecule has 27 heavy (non-hydrogen) atoms. The molecule has 0 saturated heterocycles. The van der Waals surface area contributed by atoms with E-state index in [1.54, 1.807) is 12.1 Å². The summed E-state index contributed by atoms with van der Waals surface area (Å²) in [7, 11) is -3.77. The molecule has 2 aromatic carbocycles. The first-order valence-electron chi connectivity index (χ1n) is 7.34. The number of rotatable bonds is 7. The van der Waals surface area contributed by atoms with Gasteiger partial charge in [-0.15, -0.1) is 0 Å². The molecule has 0 spiro atoms. The van der Waals surface area contributed by atoms with E-state index in [1.165, 1.54) is 24.3 Å². The monoisotopic (exact) mass is 438 g/mol. The lowest BCUT2D eigenvalue weighted by Crippen LogP contribution is -2.37. The van der Waals surface area contributed by atoms with Gasteiger partial charge in [-0.1, -0.05) is 29.3 Å². The SMILES string of the molecule is CS(=O)(=O)N(CC(=O)Nc1ccc(OC(F)F)c(Cl)c1)c1cccc(Cl)c1. The number of carbonyl (C=O) groups is 1. The van der Waals surface area contributed by atoms with Gasteiger partial charge in [-0.05, 0) is 36.4 Å². The first kappa shape index (κ1) is 21.2. The van der Waals surface area contributed by atoms with Crippen molar-refractivity contribution >= 4 is 50.5 Å². The van der Waals surface area contributed by atoms with E-state index < -0.39 is 29.1 Å². The topological polar surface area (TPSA) is 75.7 Å². The summed E-state index contributed by atoms with van der Waals surface area (Å²) in [5.41, 5.74) is 0.407. The van der Waals surface area contributed by atoms with E-state index in [1.807, 2.05) is 0 Å². The van der Waals surface area contributed by atoms with E-state index in [2.05, 4.69) is 10.1 Å². The van der Waals surface area contributed by atoms with Gasteiger partial charge < -0.3 is 10.1 Å². The van der Waals surface area contributed by atoms with Crippen molar-refractivity contribution in [3.8, 4) is 5.75 Å². The normalized spacial score (nSPS) is 11.3. The van der Waals surface area contributed by atoms with Crippen LogP contribution in [0.1, 0.15) is 0 Å². The van der Waals surface area contributed by atoms with E-state index in [0.29, 0.717) is 5.02 Å². The average Bonchev–Trinajstić information content (AvgIpc) is 2.54. The highest BCUT2D eigenvalue weighted by molar-refractivity contribution is 7.92. The molecule has 0 aliphatic rings. The zero-order valence-electron chi connectivity index (χ0n) is 13.8. The van der Waals surface area contributed by atoms with Gasteiger partial charge in [-0.25, -0.2) is 8.42 Å². The second kappa shape index (κ2) is 8.73. The minimum atomic E-state index is -3.77. The molecule has 0 radical (unpaired) electrons. The molecule has 146 valence electrons. The maximum atomic E-state index is 12.3. The predicted octanol–water partition coefficient (Wildman–Crippen LogP) is 4.00. The summed E-state index contributed by atoms with van der Waals surface area (Å²) in [6, 6.07) is 9.69. The molecule has 0 aliphatic carbocycles. The van der Waals surface area contributed by atoms with Crippen molar-refractivity contribution < 1.29 is 26.7 Å². The molecular weight excluding hydrogens is 425 g/mol. The van der Waals surface area contributed by atoms with E-state index in [4.69, 9.17) is 23.2 Å². The molecule has 0 aliphatic heterocycles. The Kier molecular flexibility index (Phi) is 6.85. The van der Waals surface area contributed by atoms with Gasteiger partial charge in [0.2, 0.25) is 15.9 Å². The first-order valence-corrected chi connectivity index (χ1v) is 9.94. The summed E-state index contributed by atoms with van der Waals surface area (Å²) in [5, 5.41) is 2.62. The fourth-order valence-electron chi connectivity index (χ4n) is 2.13. The van der Waals surface area contributed by atoms with Gasteiger partial charge in [0.1, 0.15) is 12.3 Å². The van der Waals surface area contributed by atoms with Crippen LogP contribution in [0.4, 0.5) is 20.2 Å². The van der Waals surface area contributed by atoms with Crippen LogP contribution in [0, 0.1) is 0 Å².